The Morgan fingerprint density at radius 3 is 2.38 bits per heavy atom. The maximum Gasteiger partial charge on any atom is 0.155 e. The summed E-state index contributed by atoms with van der Waals surface area (Å²) in [6.07, 6.45) is 0.594. The average molecular weight is 301 g/mol. The van der Waals surface area contributed by atoms with Crippen LogP contribution >= 0.6 is 11.6 Å². The van der Waals surface area contributed by atoms with E-state index in [1.165, 1.54) is 10.7 Å². The summed E-state index contributed by atoms with van der Waals surface area (Å²) in [5.74, 6) is -0.449. The molecule has 0 bridgehead atoms. The van der Waals surface area contributed by atoms with Gasteiger partial charge >= 0.3 is 0 Å². The zero-order valence-corrected chi connectivity index (χ0v) is 11.6. The highest BCUT2D eigenvalue weighted by molar-refractivity contribution is 6.32. The third-order valence-electron chi connectivity index (χ3n) is 3.11. The number of aldehydes is 1. The number of hydrogen-bond acceptors (Lipinski definition) is 2. The molecule has 0 spiro atoms. The average Bonchev–Trinajstić information content (AvgIpc) is 2.85. The second-order valence-electron chi connectivity index (χ2n) is 4.40. The van der Waals surface area contributed by atoms with Gasteiger partial charge in [0.1, 0.15) is 16.7 Å². The van der Waals surface area contributed by atoms with Gasteiger partial charge < -0.3 is 0 Å². The Morgan fingerprint density at radius 1 is 1.05 bits per heavy atom. The lowest BCUT2D eigenvalue weighted by Gasteiger charge is -2.02. The third-order valence-corrected chi connectivity index (χ3v) is 3.47. The molecule has 1 heterocycles. The predicted molar refractivity (Wildman–Crippen MR) is 79.4 cm³/mol. The van der Waals surface area contributed by atoms with Crippen LogP contribution in [0.2, 0.25) is 5.15 Å². The van der Waals surface area contributed by atoms with Crippen LogP contribution in [0.1, 0.15) is 10.4 Å². The van der Waals surface area contributed by atoms with Gasteiger partial charge in [0.05, 0.1) is 11.3 Å². The van der Waals surface area contributed by atoms with Crippen LogP contribution in [-0.2, 0) is 0 Å². The summed E-state index contributed by atoms with van der Waals surface area (Å²) in [5, 5.41) is 4.46. The molecule has 0 saturated carbocycles. The van der Waals surface area contributed by atoms with Crippen LogP contribution in [0.3, 0.4) is 0 Å². The number of halogens is 2. The first-order valence-electron chi connectivity index (χ1n) is 6.26. The quantitative estimate of drug-likeness (QED) is 0.681. The summed E-state index contributed by atoms with van der Waals surface area (Å²) >= 11 is 6.21. The van der Waals surface area contributed by atoms with Gasteiger partial charge in [0.2, 0.25) is 0 Å². The van der Waals surface area contributed by atoms with Gasteiger partial charge in [-0.2, -0.15) is 5.10 Å². The van der Waals surface area contributed by atoms with E-state index in [9.17, 15) is 9.18 Å². The van der Waals surface area contributed by atoms with E-state index in [2.05, 4.69) is 5.10 Å². The fourth-order valence-electron chi connectivity index (χ4n) is 2.11. The first-order valence-corrected chi connectivity index (χ1v) is 6.64. The molecule has 3 rings (SSSR count). The molecule has 0 aliphatic carbocycles. The summed E-state index contributed by atoms with van der Waals surface area (Å²) in [5.41, 5.74) is 1.35. The second kappa shape index (κ2) is 5.50. The number of carbonyl (C=O) groups is 1. The highest BCUT2D eigenvalue weighted by Gasteiger charge is 2.20. The standard InChI is InChI=1S/C16H10ClFN2O/c17-16-13(10-21)15(12-8-4-5-9-14(12)18)19-20(16)11-6-2-1-3-7-11/h1-10H. The minimum atomic E-state index is -0.449. The number of para-hydroxylation sites is 1. The van der Waals surface area contributed by atoms with E-state index in [0.717, 1.165) is 0 Å². The lowest BCUT2D eigenvalue weighted by molar-refractivity contribution is 0.112. The molecule has 0 radical (unpaired) electrons. The van der Waals surface area contributed by atoms with Gasteiger partial charge in [0.15, 0.2) is 6.29 Å². The second-order valence-corrected chi connectivity index (χ2v) is 4.76. The topological polar surface area (TPSA) is 34.9 Å². The molecule has 0 unspecified atom stereocenters. The van der Waals surface area contributed by atoms with Crippen molar-refractivity contribution in [3.05, 3.63) is 71.1 Å². The number of benzene rings is 2. The van der Waals surface area contributed by atoms with Crippen molar-refractivity contribution in [2.75, 3.05) is 0 Å². The molecular formula is C16H10ClFN2O. The fourth-order valence-corrected chi connectivity index (χ4v) is 2.38. The van der Waals surface area contributed by atoms with E-state index in [1.54, 1.807) is 30.3 Å². The smallest absolute Gasteiger partial charge is 0.155 e. The molecule has 5 heteroatoms. The Morgan fingerprint density at radius 2 is 1.71 bits per heavy atom. The van der Waals surface area contributed by atoms with Crippen molar-refractivity contribution >= 4 is 17.9 Å². The molecule has 1 aromatic heterocycles. The van der Waals surface area contributed by atoms with E-state index in [1.807, 2.05) is 18.2 Å². The Labute approximate surface area is 125 Å². The van der Waals surface area contributed by atoms with Crippen molar-refractivity contribution < 1.29 is 9.18 Å². The molecule has 0 aliphatic heterocycles. The molecule has 0 fully saturated rings. The van der Waals surface area contributed by atoms with Crippen LogP contribution in [0.5, 0.6) is 0 Å². The normalized spacial score (nSPS) is 10.6. The number of carbonyl (C=O) groups excluding carboxylic acids is 1. The number of hydrogen-bond donors (Lipinski definition) is 0. The molecule has 0 amide bonds. The molecule has 0 N–H and O–H groups in total. The minimum Gasteiger partial charge on any atom is -0.298 e. The van der Waals surface area contributed by atoms with E-state index >= 15 is 0 Å². The van der Waals surface area contributed by atoms with E-state index in [0.29, 0.717) is 12.0 Å². The third kappa shape index (κ3) is 2.34. The van der Waals surface area contributed by atoms with E-state index in [-0.39, 0.29) is 22.0 Å². The Balaban J connectivity index is 2.24. The first kappa shape index (κ1) is 13.5. The van der Waals surface area contributed by atoms with Gasteiger partial charge in [-0.15, -0.1) is 0 Å². The fraction of sp³-hybridized carbons (Fsp3) is 0. The largest absolute Gasteiger partial charge is 0.298 e. The van der Waals surface area contributed by atoms with Crippen LogP contribution in [-0.4, -0.2) is 16.1 Å². The first-order chi connectivity index (χ1) is 10.2. The predicted octanol–water partition coefficient (Wildman–Crippen LogP) is 4.14. The van der Waals surface area contributed by atoms with Crippen LogP contribution < -0.4 is 0 Å². The maximum absolute atomic E-state index is 13.9. The summed E-state index contributed by atoms with van der Waals surface area (Å²) < 4.78 is 15.4. The molecule has 2 aromatic carbocycles. The molecule has 0 atom stereocenters. The number of nitrogens with zero attached hydrogens (tertiary/aromatic N) is 2. The van der Waals surface area contributed by atoms with Gasteiger partial charge in [0, 0.05) is 5.56 Å². The summed E-state index contributed by atoms with van der Waals surface area (Å²) in [7, 11) is 0. The molecular weight excluding hydrogens is 291 g/mol. The highest BCUT2D eigenvalue weighted by Crippen LogP contribution is 2.30. The molecule has 3 nitrogen and oxygen atoms in total. The monoisotopic (exact) mass is 300 g/mol. The Hall–Kier alpha value is -2.46. The van der Waals surface area contributed by atoms with Gasteiger partial charge in [-0.05, 0) is 24.3 Å². The zero-order chi connectivity index (χ0) is 14.8. The van der Waals surface area contributed by atoms with Crippen LogP contribution in [0.25, 0.3) is 16.9 Å². The van der Waals surface area contributed by atoms with Crippen molar-refractivity contribution in [1.82, 2.24) is 9.78 Å². The molecule has 0 saturated heterocycles. The van der Waals surface area contributed by atoms with Crippen LogP contribution in [0.15, 0.2) is 54.6 Å². The molecule has 3 aromatic rings. The SMILES string of the molecule is O=Cc1c(-c2ccccc2F)nn(-c2ccccc2)c1Cl. The van der Waals surface area contributed by atoms with Crippen molar-refractivity contribution in [2.24, 2.45) is 0 Å². The minimum absolute atomic E-state index is 0.162. The molecule has 21 heavy (non-hydrogen) atoms. The van der Waals surface area contributed by atoms with Crippen molar-refractivity contribution in [3.8, 4) is 16.9 Å². The zero-order valence-electron chi connectivity index (χ0n) is 10.8. The highest BCUT2D eigenvalue weighted by atomic mass is 35.5. The van der Waals surface area contributed by atoms with Crippen LogP contribution in [0.4, 0.5) is 4.39 Å². The lowest BCUT2D eigenvalue weighted by Crippen LogP contribution is -1.96. The van der Waals surface area contributed by atoms with Crippen molar-refractivity contribution in [2.45, 2.75) is 0 Å². The van der Waals surface area contributed by atoms with Crippen molar-refractivity contribution in [3.63, 3.8) is 0 Å². The Kier molecular flexibility index (Phi) is 3.54. The number of aromatic nitrogens is 2. The van der Waals surface area contributed by atoms with Gasteiger partial charge in [-0.25, -0.2) is 9.07 Å². The van der Waals surface area contributed by atoms with E-state index in [4.69, 9.17) is 11.6 Å². The van der Waals surface area contributed by atoms with Crippen LogP contribution in [0, 0.1) is 5.82 Å². The summed E-state index contributed by atoms with van der Waals surface area (Å²) in [6, 6.07) is 15.3. The maximum atomic E-state index is 13.9. The summed E-state index contributed by atoms with van der Waals surface area (Å²) in [4.78, 5) is 11.3. The molecule has 0 aliphatic rings. The van der Waals surface area contributed by atoms with Crippen molar-refractivity contribution in [1.29, 1.82) is 0 Å². The Bertz CT molecular complexity index is 799. The van der Waals surface area contributed by atoms with Gasteiger partial charge in [-0.3, -0.25) is 4.79 Å². The molecule has 104 valence electrons. The number of rotatable bonds is 3. The lowest BCUT2D eigenvalue weighted by atomic mass is 10.1. The van der Waals surface area contributed by atoms with Gasteiger partial charge in [0.25, 0.3) is 0 Å². The van der Waals surface area contributed by atoms with Gasteiger partial charge in [-0.1, -0.05) is 41.9 Å². The summed E-state index contributed by atoms with van der Waals surface area (Å²) in [6.45, 7) is 0. The van der Waals surface area contributed by atoms with E-state index < -0.39 is 5.82 Å².